The molecule has 1 aliphatic heterocycles. The maximum absolute atomic E-state index is 12.9. The van der Waals surface area contributed by atoms with Crippen LogP contribution in [0.2, 0.25) is 0 Å². The van der Waals surface area contributed by atoms with Crippen molar-refractivity contribution in [3.8, 4) is 0 Å². The average molecular weight is 317 g/mol. The van der Waals surface area contributed by atoms with Crippen LogP contribution in [0.25, 0.3) is 0 Å². The van der Waals surface area contributed by atoms with E-state index < -0.39 is 10.2 Å². The zero-order valence-electron chi connectivity index (χ0n) is 13.5. The molecule has 1 heterocycles. The second-order valence-electron chi connectivity index (χ2n) is 6.61. The van der Waals surface area contributed by atoms with Crippen LogP contribution < -0.4 is 5.73 Å². The Hall–Kier alpha value is -0.170. The number of nitrogens with zero attached hydrogens (tertiary/aromatic N) is 2. The van der Waals surface area contributed by atoms with E-state index in [9.17, 15) is 8.42 Å². The highest BCUT2D eigenvalue weighted by atomic mass is 32.2. The zero-order chi connectivity index (χ0) is 15.5. The van der Waals surface area contributed by atoms with Crippen LogP contribution in [0, 0.1) is 5.92 Å². The predicted molar refractivity (Wildman–Crippen MR) is 86.1 cm³/mol. The fourth-order valence-corrected chi connectivity index (χ4v) is 5.60. The molecule has 124 valence electrons. The predicted octanol–water partition coefficient (Wildman–Crippen LogP) is 1.95. The van der Waals surface area contributed by atoms with Gasteiger partial charge in [0.05, 0.1) is 0 Å². The lowest BCUT2D eigenvalue weighted by Crippen LogP contribution is -2.55. The molecular formula is C15H31N3O2S. The van der Waals surface area contributed by atoms with Crippen molar-refractivity contribution in [1.29, 1.82) is 0 Å². The van der Waals surface area contributed by atoms with E-state index in [2.05, 4.69) is 6.92 Å². The molecule has 2 aliphatic rings. The fourth-order valence-electron chi connectivity index (χ4n) is 3.80. The van der Waals surface area contributed by atoms with E-state index in [0.29, 0.717) is 19.0 Å². The molecule has 6 heteroatoms. The maximum atomic E-state index is 12.9. The molecule has 2 unspecified atom stereocenters. The van der Waals surface area contributed by atoms with Crippen LogP contribution in [-0.4, -0.2) is 49.2 Å². The SMILES string of the molecule is CCC1CCN(S(=O)(=O)N(C)C2CCCCC2)C(CN)C1. The van der Waals surface area contributed by atoms with Crippen LogP contribution in [-0.2, 0) is 10.2 Å². The third-order valence-corrected chi connectivity index (χ3v) is 7.47. The highest BCUT2D eigenvalue weighted by Gasteiger charge is 2.39. The Bertz CT molecular complexity index is 421. The van der Waals surface area contributed by atoms with E-state index >= 15 is 0 Å². The molecule has 0 spiro atoms. The minimum atomic E-state index is -3.37. The van der Waals surface area contributed by atoms with Gasteiger partial charge in [-0.25, -0.2) is 0 Å². The van der Waals surface area contributed by atoms with Crippen molar-refractivity contribution >= 4 is 10.2 Å². The molecule has 1 saturated carbocycles. The first-order valence-electron chi connectivity index (χ1n) is 8.45. The first-order valence-corrected chi connectivity index (χ1v) is 9.85. The van der Waals surface area contributed by atoms with Gasteiger partial charge < -0.3 is 5.73 Å². The van der Waals surface area contributed by atoms with E-state index in [-0.39, 0.29) is 12.1 Å². The Kier molecular flexibility index (Phi) is 6.05. The lowest BCUT2D eigenvalue weighted by molar-refractivity contribution is 0.177. The third-order valence-electron chi connectivity index (χ3n) is 5.37. The summed E-state index contributed by atoms with van der Waals surface area (Å²) < 4.78 is 29.2. The summed E-state index contributed by atoms with van der Waals surface area (Å²) in [6.45, 7) is 3.23. The van der Waals surface area contributed by atoms with Crippen molar-refractivity contribution in [2.24, 2.45) is 11.7 Å². The molecule has 2 atom stereocenters. The van der Waals surface area contributed by atoms with Crippen molar-refractivity contribution in [3.05, 3.63) is 0 Å². The molecule has 0 aromatic rings. The minimum absolute atomic E-state index is 0.0280. The lowest BCUT2D eigenvalue weighted by atomic mass is 9.90. The molecule has 2 fully saturated rings. The summed E-state index contributed by atoms with van der Waals surface area (Å²) in [4.78, 5) is 0. The van der Waals surface area contributed by atoms with Gasteiger partial charge in [-0.2, -0.15) is 17.0 Å². The minimum Gasteiger partial charge on any atom is -0.329 e. The molecule has 2 rings (SSSR count). The van der Waals surface area contributed by atoms with Crippen LogP contribution in [0.15, 0.2) is 0 Å². The summed E-state index contributed by atoms with van der Waals surface area (Å²) in [5.41, 5.74) is 5.86. The summed E-state index contributed by atoms with van der Waals surface area (Å²) in [5.74, 6) is 0.616. The molecule has 1 saturated heterocycles. The average Bonchev–Trinajstić information content (AvgIpc) is 2.54. The van der Waals surface area contributed by atoms with Gasteiger partial charge in [0.2, 0.25) is 0 Å². The molecule has 1 aliphatic carbocycles. The summed E-state index contributed by atoms with van der Waals surface area (Å²) in [6, 6.07) is 0.144. The van der Waals surface area contributed by atoms with Crippen LogP contribution in [0.5, 0.6) is 0 Å². The van der Waals surface area contributed by atoms with Crippen LogP contribution in [0.4, 0.5) is 0 Å². The van der Waals surface area contributed by atoms with E-state index in [1.165, 1.54) is 6.42 Å². The summed E-state index contributed by atoms with van der Waals surface area (Å²) in [7, 11) is -1.61. The van der Waals surface area contributed by atoms with Crippen molar-refractivity contribution in [3.63, 3.8) is 0 Å². The molecule has 0 aromatic carbocycles. The number of hydrogen-bond acceptors (Lipinski definition) is 3. The molecule has 0 radical (unpaired) electrons. The molecule has 2 N–H and O–H groups in total. The zero-order valence-corrected chi connectivity index (χ0v) is 14.3. The fraction of sp³-hybridized carbons (Fsp3) is 1.00. The van der Waals surface area contributed by atoms with E-state index in [0.717, 1.165) is 44.9 Å². The van der Waals surface area contributed by atoms with Crippen LogP contribution in [0.3, 0.4) is 0 Å². The Morgan fingerprint density at radius 3 is 2.43 bits per heavy atom. The molecule has 0 aromatic heterocycles. The Morgan fingerprint density at radius 2 is 1.86 bits per heavy atom. The number of nitrogens with two attached hydrogens (primary N) is 1. The Morgan fingerprint density at radius 1 is 1.19 bits per heavy atom. The standard InChI is InChI=1S/C15H31N3O2S/c1-3-13-9-10-18(15(11-13)12-16)21(19,20)17(2)14-7-5-4-6-8-14/h13-15H,3-12,16H2,1-2H3. The van der Waals surface area contributed by atoms with Gasteiger partial charge in [0.15, 0.2) is 0 Å². The van der Waals surface area contributed by atoms with E-state index in [1.807, 2.05) is 0 Å². The maximum Gasteiger partial charge on any atom is 0.282 e. The highest BCUT2D eigenvalue weighted by molar-refractivity contribution is 7.86. The van der Waals surface area contributed by atoms with Gasteiger partial charge in [0.1, 0.15) is 0 Å². The molecule has 0 amide bonds. The number of hydrogen-bond donors (Lipinski definition) is 1. The van der Waals surface area contributed by atoms with Crippen LogP contribution >= 0.6 is 0 Å². The Balaban J connectivity index is 2.09. The Labute approximate surface area is 130 Å². The quantitative estimate of drug-likeness (QED) is 0.843. The first-order chi connectivity index (χ1) is 10.0. The van der Waals surface area contributed by atoms with Gasteiger partial charge in [-0.1, -0.05) is 32.6 Å². The normalized spacial score (nSPS) is 29.9. The van der Waals surface area contributed by atoms with Gasteiger partial charge in [-0.3, -0.25) is 0 Å². The second-order valence-corrected chi connectivity index (χ2v) is 8.56. The van der Waals surface area contributed by atoms with Gasteiger partial charge in [0, 0.05) is 32.2 Å². The van der Waals surface area contributed by atoms with E-state index in [4.69, 9.17) is 5.73 Å². The van der Waals surface area contributed by atoms with Crippen molar-refractivity contribution in [2.45, 2.75) is 70.4 Å². The summed E-state index contributed by atoms with van der Waals surface area (Å²) in [6.07, 6.45) is 8.49. The smallest absolute Gasteiger partial charge is 0.282 e. The van der Waals surface area contributed by atoms with Crippen molar-refractivity contribution in [2.75, 3.05) is 20.1 Å². The van der Waals surface area contributed by atoms with Gasteiger partial charge in [0.25, 0.3) is 10.2 Å². The first kappa shape index (κ1) is 17.2. The van der Waals surface area contributed by atoms with Crippen molar-refractivity contribution < 1.29 is 8.42 Å². The molecular weight excluding hydrogens is 286 g/mol. The van der Waals surface area contributed by atoms with Gasteiger partial charge in [-0.15, -0.1) is 0 Å². The van der Waals surface area contributed by atoms with Crippen molar-refractivity contribution in [1.82, 2.24) is 8.61 Å². The monoisotopic (exact) mass is 317 g/mol. The van der Waals surface area contributed by atoms with Crippen LogP contribution in [0.1, 0.15) is 58.3 Å². The molecule has 5 nitrogen and oxygen atoms in total. The lowest BCUT2D eigenvalue weighted by Gasteiger charge is -2.41. The largest absolute Gasteiger partial charge is 0.329 e. The van der Waals surface area contributed by atoms with Gasteiger partial charge in [-0.05, 0) is 31.6 Å². The summed E-state index contributed by atoms with van der Waals surface area (Å²) in [5, 5.41) is 0. The summed E-state index contributed by atoms with van der Waals surface area (Å²) >= 11 is 0. The second kappa shape index (κ2) is 7.40. The van der Waals surface area contributed by atoms with E-state index in [1.54, 1.807) is 15.7 Å². The molecule has 21 heavy (non-hydrogen) atoms. The third kappa shape index (κ3) is 3.78. The number of rotatable bonds is 5. The highest BCUT2D eigenvalue weighted by Crippen LogP contribution is 2.30. The molecule has 0 bridgehead atoms. The number of piperidine rings is 1. The topological polar surface area (TPSA) is 66.6 Å². The van der Waals surface area contributed by atoms with Gasteiger partial charge >= 0.3 is 0 Å².